The third-order valence-electron chi connectivity index (χ3n) is 4.98. The first kappa shape index (κ1) is 22.6. The second-order valence-corrected chi connectivity index (χ2v) is 8.54. The molecule has 0 amide bonds. The standard InChI is InChI=1S/C20H18Cl4O6/c21-11-5-4-9(6-13(11)23)19-28-15-8-27-20(10-2-1-3-12(22)16(10)24)30-18(15)17(29-19)14(26)7-25/h1-6,14-15,17-20,25-26H,7-8H2/t14-,15+,17-,18-,19?,20?/m1/s1. The van der Waals surface area contributed by atoms with Gasteiger partial charge in [-0.25, -0.2) is 0 Å². The minimum Gasteiger partial charge on any atom is -0.394 e. The molecule has 0 aromatic heterocycles. The monoisotopic (exact) mass is 494 g/mol. The highest BCUT2D eigenvalue weighted by Crippen LogP contribution is 2.41. The van der Waals surface area contributed by atoms with Crippen molar-refractivity contribution in [3.63, 3.8) is 0 Å². The van der Waals surface area contributed by atoms with Gasteiger partial charge >= 0.3 is 0 Å². The van der Waals surface area contributed by atoms with Crippen molar-refractivity contribution in [2.24, 2.45) is 0 Å². The third kappa shape index (κ3) is 4.45. The number of benzene rings is 2. The molecule has 162 valence electrons. The summed E-state index contributed by atoms with van der Waals surface area (Å²) in [6.45, 7) is -0.372. The Morgan fingerprint density at radius 2 is 1.73 bits per heavy atom. The van der Waals surface area contributed by atoms with Crippen molar-refractivity contribution in [1.29, 1.82) is 0 Å². The Bertz CT molecular complexity index is 913. The number of hydrogen-bond acceptors (Lipinski definition) is 6. The average Bonchev–Trinajstić information content (AvgIpc) is 2.76. The third-order valence-corrected chi connectivity index (χ3v) is 6.55. The van der Waals surface area contributed by atoms with Crippen LogP contribution >= 0.6 is 46.4 Å². The first-order chi connectivity index (χ1) is 14.4. The zero-order chi connectivity index (χ0) is 21.4. The molecule has 2 fully saturated rings. The van der Waals surface area contributed by atoms with Crippen LogP contribution in [0, 0.1) is 0 Å². The lowest BCUT2D eigenvalue weighted by Crippen LogP contribution is -2.58. The fourth-order valence-corrected chi connectivity index (χ4v) is 4.16. The summed E-state index contributed by atoms with van der Waals surface area (Å²) in [5.74, 6) is 0. The van der Waals surface area contributed by atoms with Gasteiger partial charge in [0.2, 0.25) is 0 Å². The van der Waals surface area contributed by atoms with Crippen molar-refractivity contribution >= 4 is 46.4 Å². The lowest BCUT2D eigenvalue weighted by Gasteiger charge is -2.47. The molecule has 0 spiro atoms. The van der Waals surface area contributed by atoms with Crippen molar-refractivity contribution in [3.8, 4) is 0 Å². The van der Waals surface area contributed by atoms with E-state index in [1.165, 1.54) is 0 Å². The van der Waals surface area contributed by atoms with Gasteiger partial charge in [0.1, 0.15) is 24.4 Å². The molecule has 2 heterocycles. The molecule has 4 rings (SSSR count). The van der Waals surface area contributed by atoms with Crippen LogP contribution in [0.3, 0.4) is 0 Å². The molecule has 2 aromatic carbocycles. The van der Waals surface area contributed by atoms with Gasteiger partial charge in [0, 0.05) is 11.1 Å². The minimum atomic E-state index is -1.21. The molecule has 6 atom stereocenters. The summed E-state index contributed by atoms with van der Waals surface area (Å²) in [4.78, 5) is 0. The molecule has 2 aliphatic heterocycles. The Labute approximate surface area is 193 Å². The first-order valence-corrected chi connectivity index (χ1v) is 10.7. The summed E-state index contributed by atoms with van der Waals surface area (Å²) < 4.78 is 23.8. The van der Waals surface area contributed by atoms with E-state index in [1.807, 2.05) is 0 Å². The van der Waals surface area contributed by atoms with Crippen LogP contribution < -0.4 is 0 Å². The van der Waals surface area contributed by atoms with Gasteiger partial charge in [0.15, 0.2) is 12.6 Å². The molecule has 0 radical (unpaired) electrons. The van der Waals surface area contributed by atoms with Gasteiger partial charge in [-0.3, -0.25) is 0 Å². The van der Waals surface area contributed by atoms with Gasteiger partial charge in [-0.15, -0.1) is 0 Å². The zero-order valence-corrected chi connectivity index (χ0v) is 18.4. The number of hydrogen-bond donors (Lipinski definition) is 2. The topological polar surface area (TPSA) is 77.4 Å². The van der Waals surface area contributed by atoms with Crippen LogP contribution in [0.2, 0.25) is 20.1 Å². The van der Waals surface area contributed by atoms with Gasteiger partial charge < -0.3 is 29.2 Å². The van der Waals surface area contributed by atoms with Crippen molar-refractivity contribution in [2.75, 3.05) is 13.2 Å². The highest BCUT2D eigenvalue weighted by Gasteiger charge is 2.48. The maximum atomic E-state index is 10.4. The molecule has 6 nitrogen and oxygen atoms in total. The van der Waals surface area contributed by atoms with Crippen LogP contribution in [-0.4, -0.2) is 47.8 Å². The Balaban J connectivity index is 1.59. The number of fused-ring (bicyclic) bond motifs is 1. The summed E-state index contributed by atoms with van der Waals surface area (Å²) in [5, 5.41) is 21.4. The van der Waals surface area contributed by atoms with E-state index in [4.69, 9.17) is 65.4 Å². The van der Waals surface area contributed by atoms with Gasteiger partial charge in [0.25, 0.3) is 0 Å². The number of aliphatic hydroxyl groups excluding tert-OH is 2. The second kappa shape index (κ2) is 9.46. The van der Waals surface area contributed by atoms with Gasteiger partial charge in [0.05, 0.1) is 33.3 Å². The van der Waals surface area contributed by atoms with Crippen molar-refractivity contribution in [1.82, 2.24) is 0 Å². The number of rotatable bonds is 4. The van der Waals surface area contributed by atoms with Crippen molar-refractivity contribution in [2.45, 2.75) is 37.0 Å². The molecule has 0 saturated carbocycles. The number of halogens is 4. The van der Waals surface area contributed by atoms with Gasteiger partial charge in [-0.2, -0.15) is 0 Å². The van der Waals surface area contributed by atoms with Gasteiger partial charge in [-0.05, 0) is 18.2 Å². The Morgan fingerprint density at radius 1 is 0.933 bits per heavy atom. The normalized spacial score (nSPS) is 30.0. The van der Waals surface area contributed by atoms with Crippen LogP contribution in [0.1, 0.15) is 23.7 Å². The van der Waals surface area contributed by atoms with Gasteiger partial charge in [-0.1, -0.05) is 64.6 Å². The van der Waals surface area contributed by atoms with E-state index < -0.39 is 43.6 Å². The van der Waals surface area contributed by atoms with E-state index in [0.717, 1.165) is 0 Å². The molecule has 2 unspecified atom stereocenters. The maximum absolute atomic E-state index is 10.4. The predicted octanol–water partition coefficient (Wildman–Crippen LogP) is 4.55. The van der Waals surface area contributed by atoms with Crippen molar-refractivity contribution < 1.29 is 29.2 Å². The quantitative estimate of drug-likeness (QED) is 0.647. The molecule has 10 heteroatoms. The number of aliphatic hydroxyl groups is 2. The van der Waals surface area contributed by atoms with Crippen LogP contribution in [0.5, 0.6) is 0 Å². The lowest BCUT2D eigenvalue weighted by molar-refractivity contribution is -0.373. The highest BCUT2D eigenvalue weighted by atomic mass is 35.5. The summed E-state index contributed by atoms with van der Waals surface area (Å²) in [6, 6.07) is 10.1. The number of ether oxygens (including phenoxy) is 4. The molecule has 30 heavy (non-hydrogen) atoms. The molecule has 2 saturated heterocycles. The summed E-state index contributed by atoms with van der Waals surface area (Å²) in [7, 11) is 0. The SMILES string of the molecule is OC[C@@H](O)[C@H]1OC(c2ccc(Cl)c(Cl)c2)O[C@H]2COC(c3cccc(Cl)c3Cl)O[C@@H]12. The van der Waals surface area contributed by atoms with E-state index >= 15 is 0 Å². The molecular weight excluding hydrogens is 478 g/mol. The average molecular weight is 496 g/mol. The lowest BCUT2D eigenvalue weighted by atomic mass is 9.99. The highest BCUT2D eigenvalue weighted by molar-refractivity contribution is 6.42. The Hall–Kier alpha value is -0.640. The second-order valence-electron chi connectivity index (χ2n) is 6.94. The summed E-state index contributed by atoms with van der Waals surface area (Å²) in [6.07, 6.45) is -5.08. The Morgan fingerprint density at radius 3 is 2.47 bits per heavy atom. The molecular formula is C20H18Cl4O6. The van der Waals surface area contributed by atoms with Crippen LogP contribution in [0.4, 0.5) is 0 Å². The molecule has 0 aliphatic carbocycles. The largest absolute Gasteiger partial charge is 0.394 e. The summed E-state index contributed by atoms with van der Waals surface area (Å²) in [5.41, 5.74) is 1.16. The van der Waals surface area contributed by atoms with E-state index in [9.17, 15) is 10.2 Å². The molecule has 0 bridgehead atoms. The zero-order valence-electron chi connectivity index (χ0n) is 15.4. The van der Waals surface area contributed by atoms with Crippen molar-refractivity contribution in [3.05, 3.63) is 67.6 Å². The fraction of sp³-hybridized carbons (Fsp3) is 0.400. The van der Waals surface area contributed by atoms with E-state index in [1.54, 1.807) is 36.4 Å². The first-order valence-electron chi connectivity index (χ1n) is 9.14. The van der Waals surface area contributed by atoms with Crippen LogP contribution in [0.15, 0.2) is 36.4 Å². The fourth-order valence-electron chi connectivity index (χ4n) is 3.46. The van der Waals surface area contributed by atoms with E-state index in [-0.39, 0.29) is 6.61 Å². The van der Waals surface area contributed by atoms with E-state index in [2.05, 4.69) is 0 Å². The van der Waals surface area contributed by atoms with E-state index in [0.29, 0.717) is 31.2 Å². The Kier molecular flexibility index (Phi) is 7.11. The maximum Gasteiger partial charge on any atom is 0.186 e. The molecule has 2 N–H and O–H groups in total. The summed E-state index contributed by atoms with van der Waals surface area (Å²) >= 11 is 24.5. The minimum absolute atomic E-state index is 0.147. The van der Waals surface area contributed by atoms with Crippen LogP contribution in [0.25, 0.3) is 0 Å². The predicted molar refractivity (Wildman–Crippen MR) is 112 cm³/mol. The smallest absolute Gasteiger partial charge is 0.186 e. The van der Waals surface area contributed by atoms with Crippen LogP contribution in [-0.2, 0) is 18.9 Å². The molecule has 2 aliphatic rings. The molecule has 2 aromatic rings.